The van der Waals surface area contributed by atoms with Crippen molar-refractivity contribution in [3.05, 3.63) is 59.0 Å². The first-order valence-electron chi connectivity index (χ1n) is 12.1. The van der Waals surface area contributed by atoms with Gasteiger partial charge in [0.25, 0.3) is 5.91 Å². The van der Waals surface area contributed by atoms with Crippen molar-refractivity contribution in [3.8, 4) is 6.07 Å². The van der Waals surface area contributed by atoms with Crippen molar-refractivity contribution < 1.29 is 4.79 Å². The number of piperazine rings is 1. The van der Waals surface area contributed by atoms with E-state index in [2.05, 4.69) is 66.1 Å². The number of likely N-dealkylation sites (N-methyl/N-ethyl adjacent to an activating group) is 1. The van der Waals surface area contributed by atoms with Gasteiger partial charge in [-0.1, -0.05) is 43.7 Å². The lowest BCUT2D eigenvalue weighted by Crippen LogP contribution is -2.48. The minimum atomic E-state index is -0.200. The third-order valence-corrected chi connectivity index (χ3v) is 6.98. The average Bonchev–Trinajstić information content (AvgIpc) is 3.29. The predicted molar refractivity (Wildman–Crippen MR) is 134 cm³/mol. The number of H-pyrrole nitrogens is 1. The second kappa shape index (κ2) is 11.5. The summed E-state index contributed by atoms with van der Waals surface area (Å²) in [6.07, 6.45) is 15.2. The smallest absolute Gasteiger partial charge is 0.267 e. The minimum absolute atomic E-state index is 0.200. The Kier molecular flexibility index (Phi) is 8.71. The van der Waals surface area contributed by atoms with Crippen molar-refractivity contribution in [2.75, 3.05) is 39.8 Å². The number of rotatable bonds is 8. The molecular formula is C27H39N5O. The van der Waals surface area contributed by atoms with Crippen molar-refractivity contribution in [2.24, 2.45) is 5.41 Å². The van der Waals surface area contributed by atoms with E-state index in [1.807, 2.05) is 12.1 Å². The van der Waals surface area contributed by atoms with E-state index >= 15 is 0 Å². The molecule has 1 unspecified atom stereocenters. The van der Waals surface area contributed by atoms with E-state index in [4.69, 9.17) is 5.26 Å². The molecule has 3 rings (SSSR count). The normalized spacial score (nSPS) is 20.9. The molecule has 0 spiro atoms. The summed E-state index contributed by atoms with van der Waals surface area (Å²) in [4.78, 5) is 20.1. The summed E-state index contributed by atoms with van der Waals surface area (Å²) >= 11 is 0. The van der Waals surface area contributed by atoms with E-state index < -0.39 is 0 Å². The number of nitrogens with zero attached hydrogens (tertiary/aromatic N) is 3. The van der Waals surface area contributed by atoms with Crippen molar-refractivity contribution in [3.63, 3.8) is 0 Å². The van der Waals surface area contributed by atoms with Crippen LogP contribution in [0.2, 0.25) is 0 Å². The van der Waals surface area contributed by atoms with Gasteiger partial charge in [-0.25, -0.2) is 0 Å². The molecule has 1 aromatic heterocycles. The number of carbonyl (C=O) groups is 1. The van der Waals surface area contributed by atoms with Crippen LogP contribution in [0.3, 0.4) is 0 Å². The molecule has 0 saturated carbocycles. The number of nitriles is 1. The molecule has 2 heterocycles. The van der Waals surface area contributed by atoms with Gasteiger partial charge in [-0.2, -0.15) is 5.26 Å². The fourth-order valence-electron chi connectivity index (χ4n) is 4.39. The quantitative estimate of drug-likeness (QED) is 0.459. The molecular weight excluding hydrogens is 410 g/mol. The first-order valence-corrected chi connectivity index (χ1v) is 12.1. The summed E-state index contributed by atoms with van der Waals surface area (Å²) in [7, 11) is 2.18. The summed E-state index contributed by atoms with van der Waals surface area (Å²) in [6, 6.07) is 3.94. The molecule has 178 valence electrons. The summed E-state index contributed by atoms with van der Waals surface area (Å²) < 4.78 is 0. The standard InChI is InChI=1S/C27H39N5O/c1-21(32-16-14-31(4)15-17-32)24(8-7-22-9-11-27(2,3)12-10-22)6-5-13-29-26(33)25-18-23(19-28)20-30-25/h5-6,8-9,18,20-21,30H,7,10-17H2,1-4H3,(H,29,33)/b6-5-,24-8+. The fraction of sp³-hybridized carbons (Fsp3) is 0.556. The minimum Gasteiger partial charge on any atom is -0.356 e. The number of nitrogens with one attached hydrogen (secondary N) is 2. The van der Waals surface area contributed by atoms with Gasteiger partial charge in [0.05, 0.1) is 5.56 Å². The molecule has 0 bridgehead atoms. The first-order chi connectivity index (χ1) is 15.8. The molecule has 33 heavy (non-hydrogen) atoms. The zero-order chi connectivity index (χ0) is 23.8. The van der Waals surface area contributed by atoms with Crippen LogP contribution in [-0.2, 0) is 0 Å². The molecule has 0 aromatic carbocycles. The third kappa shape index (κ3) is 7.45. The summed E-state index contributed by atoms with van der Waals surface area (Å²) in [5.74, 6) is -0.200. The first kappa shape index (κ1) is 25.0. The van der Waals surface area contributed by atoms with Gasteiger partial charge in [0.1, 0.15) is 11.8 Å². The molecule has 2 N–H and O–H groups in total. The summed E-state index contributed by atoms with van der Waals surface area (Å²) in [6.45, 7) is 11.8. The van der Waals surface area contributed by atoms with E-state index in [9.17, 15) is 4.79 Å². The maximum absolute atomic E-state index is 12.3. The Labute approximate surface area is 199 Å². The van der Waals surface area contributed by atoms with Gasteiger partial charge in [-0.15, -0.1) is 0 Å². The molecule has 1 atom stereocenters. The molecule has 1 fully saturated rings. The Bertz CT molecular complexity index is 938. The number of aromatic nitrogens is 1. The molecule has 1 saturated heterocycles. The van der Waals surface area contributed by atoms with Crippen molar-refractivity contribution in [1.29, 1.82) is 5.26 Å². The Morgan fingerprint density at radius 2 is 2.09 bits per heavy atom. The lowest BCUT2D eigenvalue weighted by molar-refractivity contribution is 0.0953. The lowest BCUT2D eigenvalue weighted by atomic mass is 9.77. The van der Waals surface area contributed by atoms with Gasteiger partial charge < -0.3 is 15.2 Å². The number of aromatic amines is 1. The molecule has 1 aliphatic carbocycles. The highest BCUT2D eigenvalue weighted by Crippen LogP contribution is 2.35. The predicted octanol–water partition coefficient (Wildman–Crippen LogP) is 4.26. The van der Waals surface area contributed by atoms with Crippen LogP contribution >= 0.6 is 0 Å². The second-order valence-electron chi connectivity index (χ2n) is 10.2. The number of hydrogen-bond acceptors (Lipinski definition) is 4. The zero-order valence-electron chi connectivity index (χ0n) is 20.7. The summed E-state index contributed by atoms with van der Waals surface area (Å²) in [5.41, 5.74) is 4.15. The van der Waals surface area contributed by atoms with Crippen molar-refractivity contribution >= 4 is 5.91 Å². The topological polar surface area (TPSA) is 75.2 Å². The largest absolute Gasteiger partial charge is 0.356 e. The van der Waals surface area contributed by atoms with Crippen LogP contribution in [0.1, 0.15) is 62.5 Å². The molecule has 0 radical (unpaired) electrons. The van der Waals surface area contributed by atoms with Crippen LogP contribution in [0.25, 0.3) is 0 Å². The zero-order valence-corrected chi connectivity index (χ0v) is 20.7. The molecule has 2 aliphatic rings. The van der Waals surface area contributed by atoms with Crippen LogP contribution < -0.4 is 5.32 Å². The van der Waals surface area contributed by atoms with E-state index in [1.165, 1.54) is 18.4 Å². The molecule has 1 aliphatic heterocycles. The van der Waals surface area contributed by atoms with E-state index in [0.29, 0.717) is 29.3 Å². The maximum Gasteiger partial charge on any atom is 0.267 e. The van der Waals surface area contributed by atoms with Gasteiger partial charge in [0.2, 0.25) is 0 Å². The van der Waals surface area contributed by atoms with Gasteiger partial charge in [0, 0.05) is 45.0 Å². The van der Waals surface area contributed by atoms with E-state index in [1.54, 1.807) is 17.8 Å². The highest BCUT2D eigenvalue weighted by molar-refractivity contribution is 5.92. The Hall–Kier alpha value is -2.62. The van der Waals surface area contributed by atoms with Gasteiger partial charge in [0.15, 0.2) is 0 Å². The van der Waals surface area contributed by atoms with Gasteiger partial charge in [-0.05, 0) is 56.7 Å². The Morgan fingerprint density at radius 3 is 2.73 bits per heavy atom. The maximum atomic E-state index is 12.3. The van der Waals surface area contributed by atoms with E-state index in [0.717, 1.165) is 39.0 Å². The number of carbonyl (C=O) groups excluding carboxylic acids is 1. The number of allylic oxidation sites excluding steroid dienone is 3. The third-order valence-electron chi connectivity index (χ3n) is 6.98. The van der Waals surface area contributed by atoms with Crippen LogP contribution in [0.15, 0.2) is 47.7 Å². The van der Waals surface area contributed by atoms with Crippen LogP contribution in [0, 0.1) is 16.7 Å². The Balaban J connectivity index is 1.63. The second-order valence-corrected chi connectivity index (χ2v) is 10.2. The lowest BCUT2D eigenvalue weighted by Gasteiger charge is -2.37. The SMILES string of the molecule is CC(C(/C=C\CNC(=O)c1cc(C#N)c[nH]1)=C/CC1=CCC(C)(C)CC1)N1CCN(C)CC1. The average molecular weight is 450 g/mol. The molecule has 1 amide bonds. The molecule has 6 nitrogen and oxygen atoms in total. The Morgan fingerprint density at radius 1 is 1.33 bits per heavy atom. The fourth-order valence-corrected chi connectivity index (χ4v) is 4.39. The number of amides is 1. The van der Waals surface area contributed by atoms with Crippen molar-refractivity contribution in [2.45, 2.75) is 52.5 Å². The van der Waals surface area contributed by atoms with Crippen molar-refractivity contribution in [1.82, 2.24) is 20.1 Å². The summed E-state index contributed by atoms with van der Waals surface area (Å²) in [5, 5.41) is 11.8. The number of hydrogen-bond donors (Lipinski definition) is 2. The van der Waals surface area contributed by atoms with Crippen LogP contribution in [0.5, 0.6) is 0 Å². The van der Waals surface area contributed by atoms with Crippen LogP contribution in [-0.4, -0.2) is 66.5 Å². The van der Waals surface area contributed by atoms with Gasteiger partial charge in [-0.3, -0.25) is 9.69 Å². The molecule has 6 heteroatoms. The van der Waals surface area contributed by atoms with Gasteiger partial charge >= 0.3 is 0 Å². The monoisotopic (exact) mass is 449 g/mol. The highest BCUT2D eigenvalue weighted by atomic mass is 16.1. The molecule has 1 aromatic rings. The van der Waals surface area contributed by atoms with E-state index in [-0.39, 0.29) is 5.91 Å². The highest BCUT2D eigenvalue weighted by Gasteiger charge is 2.23. The van der Waals surface area contributed by atoms with Crippen LogP contribution in [0.4, 0.5) is 0 Å².